The van der Waals surface area contributed by atoms with Crippen LogP contribution in [0.2, 0.25) is 0 Å². The lowest BCUT2D eigenvalue weighted by Gasteiger charge is -2.24. The number of amides is 1. The molecule has 1 aliphatic rings. The number of aliphatic hydroxyl groups excluding tert-OH is 1. The number of likely N-dealkylation sites (tertiary alicyclic amines) is 1. The predicted molar refractivity (Wildman–Crippen MR) is 120 cm³/mol. The van der Waals surface area contributed by atoms with Crippen LogP contribution in [0.15, 0.2) is 65.0 Å². The van der Waals surface area contributed by atoms with Gasteiger partial charge in [-0.1, -0.05) is 24.3 Å². The Morgan fingerprint density at radius 1 is 1.10 bits per heavy atom. The van der Waals surface area contributed by atoms with Crippen molar-refractivity contribution < 1.29 is 14.7 Å². The minimum absolute atomic E-state index is 0.141. The molecule has 0 spiro atoms. The summed E-state index contributed by atoms with van der Waals surface area (Å²) in [6, 6.07) is 12.8. The van der Waals surface area contributed by atoms with Crippen molar-refractivity contribution in [1.82, 2.24) is 9.88 Å². The van der Waals surface area contributed by atoms with Crippen molar-refractivity contribution in [3.05, 3.63) is 85.9 Å². The number of para-hydroxylation sites is 1. The van der Waals surface area contributed by atoms with Gasteiger partial charge in [-0.3, -0.25) is 9.59 Å². The third-order valence-electron chi connectivity index (χ3n) is 5.44. The molecule has 1 aliphatic heterocycles. The van der Waals surface area contributed by atoms with Gasteiger partial charge in [0.05, 0.1) is 12.1 Å². The number of hydrogen-bond acceptors (Lipinski definition) is 5. The van der Waals surface area contributed by atoms with Crippen molar-refractivity contribution in [3.8, 4) is 0 Å². The number of carbonyl (C=O) groups excluding carboxylic acids is 2. The van der Waals surface area contributed by atoms with Gasteiger partial charge in [0, 0.05) is 32.4 Å². The summed E-state index contributed by atoms with van der Waals surface area (Å²) < 4.78 is 0. The molecule has 4 aromatic rings. The number of thiophene rings is 2. The summed E-state index contributed by atoms with van der Waals surface area (Å²) >= 11 is 3.03. The molecule has 7 heteroatoms. The zero-order valence-corrected chi connectivity index (χ0v) is 17.7. The normalized spacial score (nSPS) is 18.6. The van der Waals surface area contributed by atoms with E-state index in [9.17, 15) is 14.7 Å². The highest BCUT2D eigenvalue weighted by Gasteiger charge is 2.47. The number of fused-ring (bicyclic) bond motifs is 1. The number of aromatic nitrogens is 1. The van der Waals surface area contributed by atoms with Gasteiger partial charge in [0.1, 0.15) is 11.8 Å². The molecule has 0 aliphatic carbocycles. The molecule has 0 bridgehead atoms. The fraction of sp³-hybridized carbons (Fsp3) is 0.130. The Kier molecular flexibility index (Phi) is 4.56. The quantitative estimate of drug-likeness (QED) is 0.263. The molecule has 0 radical (unpaired) electrons. The van der Waals surface area contributed by atoms with Crippen molar-refractivity contribution in [3.63, 3.8) is 0 Å². The molecule has 1 unspecified atom stereocenters. The standard InChI is InChI=1S/C23H18N2O3S2/c1-13-8-10-30-22(13)19-18(20(26)16-11-24-17-7-3-2-6-15(16)17)21(27)23(28)25(19)12-14-5-4-9-29-14/h2-11,19,24,26H,12H2,1H3/b20-18+. The smallest absolute Gasteiger partial charge is 0.296 e. The number of nitrogens with one attached hydrogen (secondary N) is 1. The Bertz CT molecular complexity index is 1300. The molecule has 4 heterocycles. The van der Waals surface area contributed by atoms with Crippen LogP contribution in [0, 0.1) is 6.92 Å². The number of hydrogen-bond donors (Lipinski definition) is 2. The molecule has 0 saturated carbocycles. The molecule has 150 valence electrons. The summed E-state index contributed by atoms with van der Waals surface area (Å²) in [5.41, 5.74) is 2.52. The maximum Gasteiger partial charge on any atom is 0.296 e. The maximum atomic E-state index is 13.1. The van der Waals surface area contributed by atoms with E-state index in [0.29, 0.717) is 12.1 Å². The Morgan fingerprint density at radius 3 is 2.67 bits per heavy atom. The van der Waals surface area contributed by atoms with Gasteiger partial charge in [0.25, 0.3) is 11.7 Å². The molecule has 3 aromatic heterocycles. The average Bonchev–Trinajstić information content (AvgIpc) is 3.52. The van der Waals surface area contributed by atoms with Crippen LogP contribution in [0.3, 0.4) is 0 Å². The van der Waals surface area contributed by atoms with E-state index in [1.807, 2.05) is 60.1 Å². The van der Waals surface area contributed by atoms with E-state index in [4.69, 9.17) is 0 Å². The molecular formula is C23H18N2O3S2. The minimum Gasteiger partial charge on any atom is -0.507 e. The fourth-order valence-corrected chi connectivity index (χ4v) is 5.71. The van der Waals surface area contributed by atoms with Crippen molar-refractivity contribution in [2.45, 2.75) is 19.5 Å². The van der Waals surface area contributed by atoms with E-state index in [1.54, 1.807) is 22.4 Å². The lowest BCUT2D eigenvalue weighted by atomic mass is 9.98. The molecule has 2 N–H and O–H groups in total. The molecular weight excluding hydrogens is 416 g/mol. The molecule has 5 rings (SSSR count). The van der Waals surface area contributed by atoms with E-state index in [0.717, 1.165) is 26.2 Å². The second-order valence-corrected chi connectivity index (χ2v) is 9.20. The van der Waals surface area contributed by atoms with Crippen LogP contribution in [0.1, 0.15) is 26.9 Å². The number of aryl methyl sites for hydroxylation is 1. The number of aliphatic hydroxyl groups is 1. The van der Waals surface area contributed by atoms with Crippen LogP contribution in [0.25, 0.3) is 16.7 Å². The summed E-state index contributed by atoms with van der Waals surface area (Å²) in [5, 5.41) is 16.0. The minimum atomic E-state index is -0.646. The molecule has 5 nitrogen and oxygen atoms in total. The molecule has 30 heavy (non-hydrogen) atoms. The summed E-state index contributed by atoms with van der Waals surface area (Å²) in [6.45, 7) is 2.29. The third kappa shape index (κ3) is 2.89. The maximum absolute atomic E-state index is 13.1. The number of aromatic amines is 1. The lowest BCUT2D eigenvalue weighted by Crippen LogP contribution is -2.28. The fourth-order valence-electron chi connectivity index (χ4n) is 3.96. The van der Waals surface area contributed by atoms with Gasteiger partial charge >= 0.3 is 0 Å². The van der Waals surface area contributed by atoms with Gasteiger partial charge in [-0.2, -0.15) is 0 Å². The average molecular weight is 435 g/mol. The van der Waals surface area contributed by atoms with Crippen molar-refractivity contribution >= 4 is 51.0 Å². The molecule has 1 saturated heterocycles. The number of H-pyrrole nitrogens is 1. The van der Waals surface area contributed by atoms with Crippen LogP contribution in [0.4, 0.5) is 0 Å². The number of Topliss-reactive ketones (excluding diaryl/α,β-unsaturated/α-hetero) is 1. The molecule has 1 atom stereocenters. The second kappa shape index (κ2) is 7.27. The Morgan fingerprint density at radius 2 is 1.93 bits per heavy atom. The van der Waals surface area contributed by atoms with Crippen LogP contribution >= 0.6 is 22.7 Å². The first-order valence-corrected chi connectivity index (χ1v) is 11.2. The Hall–Kier alpha value is -3.16. The first-order valence-electron chi connectivity index (χ1n) is 9.47. The van der Waals surface area contributed by atoms with Crippen molar-refractivity contribution in [2.75, 3.05) is 0 Å². The highest BCUT2D eigenvalue weighted by Crippen LogP contribution is 2.44. The van der Waals surface area contributed by atoms with Gasteiger partial charge in [0.2, 0.25) is 0 Å². The van der Waals surface area contributed by atoms with Crippen LogP contribution < -0.4 is 0 Å². The van der Waals surface area contributed by atoms with Gasteiger partial charge < -0.3 is 15.0 Å². The van der Waals surface area contributed by atoms with E-state index >= 15 is 0 Å². The van der Waals surface area contributed by atoms with E-state index < -0.39 is 17.7 Å². The zero-order chi connectivity index (χ0) is 20.8. The second-order valence-electron chi connectivity index (χ2n) is 7.22. The largest absolute Gasteiger partial charge is 0.507 e. The lowest BCUT2D eigenvalue weighted by molar-refractivity contribution is -0.140. The summed E-state index contributed by atoms with van der Waals surface area (Å²) in [7, 11) is 0. The highest BCUT2D eigenvalue weighted by atomic mass is 32.1. The summed E-state index contributed by atoms with van der Waals surface area (Å²) in [6.07, 6.45) is 1.69. The monoisotopic (exact) mass is 434 g/mol. The summed E-state index contributed by atoms with van der Waals surface area (Å²) in [5.74, 6) is -1.37. The van der Waals surface area contributed by atoms with Crippen molar-refractivity contribution in [2.24, 2.45) is 0 Å². The number of ketones is 1. The van der Waals surface area contributed by atoms with Crippen LogP contribution in [0.5, 0.6) is 0 Å². The number of carbonyl (C=O) groups is 2. The van der Waals surface area contributed by atoms with Gasteiger partial charge in [-0.25, -0.2) is 0 Å². The van der Waals surface area contributed by atoms with Crippen LogP contribution in [-0.2, 0) is 16.1 Å². The van der Waals surface area contributed by atoms with Gasteiger partial charge in [-0.15, -0.1) is 22.7 Å². The number of benzene rings is 1. The molecule has 1 fully saturated rings. The third-order valence-corrected chi connectivity index (χ3v) is 7.37. The topological polar surface area (TPSA) is 73.4 Å². The Balaban J connectivity index is 1.70. The van der Waals surface area contributed by atoms with E-state index in [1.165, 1.54) is 11.3 Å². The summed E-state index contributed by atoms with van der Waals surface area (Å²) in [4.78, 5) is 32.7. The SMILES string of the molecule is Cc1ccsc1C1/C(=C(\O)c2c[nH]c3ccccc23)C(=O)C(=O)N1Cc1cccs1. The zero-order valence-electron chi connectivity index (χ0n) is 16.1. The van der Waals surface area contributed by atoms with Gasteiger partial charge in [0.15, 0.2) is 0 Å². The van der Waals surface area contributed by atoms with Crippen molar-refractivity contribution in [1.29, 1.82) is 0 Å². The van der Waals surface area contributed by atoms with E-state index in [2.05, 4.69) is 4.98 Å². The number of nitrogens with zero attached hydrogens (tertiary/aromatic N) is 1. The predicted octanol–water partition coefficient (Wildman–Crippen LogP) is 5.22. The first kappa shape index (κ1) is 18.8. The molecule has 1 amide bonds. The number of rotatable bonds is 4. The van der Waals surface area contributed by atoms with Gasteiger partial charge in [-0.05, 0) is 41.4 Å². The highest BCUT2D eigenvalue weighted by molar-refractivity contribution is 7.10. The van der Waals surface area contributed by atoms with E-state index in [-0.39, 0.29) is 11.3 Å². The Labute approximate surface area is 180 Å². The first-order chi connectivity index (χ1) is 14.6. The van der Waals surface area contributed by atoms with Crippen LogP contribution in [-0.4, -0.2) is 26.7 Å². The molecule has 1 aromatic carbocycles.